The molecule has 0 amide bonds. The summed E-state index contributed by atoms with van der Waals surface area (Å²) >= 11 is 12.6. The minimum atomic E-state index is -0.433. The standard InChI is InChI=1S/C18H17Cl2N5O/c1-2-25-16(15-13(19)9-6-10-14(15)20)22-17(23-18(25)26)24-21-11-12-7-4-3-5-8-12/h3-10,21H,2,11H2,1H3,(H,23,24,26). The third-order valence-corrected chi connectivity index (χ3v) is 4.37. The zero-order valence-electron chi connectivity index (χ0n) is 14.0. The van der Waals surface area contributed by atoms with Gasteiger partial charge < -0.3 is 0 Å². The Kier molecular flexibility index (Phi) is 5.88. The Labute approximate surface area is 160 Å². The van der Waals surface area contributed by atoms with Crippen LogP contribution >= 0.6 is 23.2 Å². The molecule has 0 unspecified atom stereocenters. The molecule has 3 aromatic rings. The van der Waals surface area contributed by atoms with Gasteiger partial charge in [0.25, 0.3) is 0 Å². The van der Waals surface area contributed by atoms with Crippen molar-refractivity contribution in [1.29, 1.82) is 0 Å². The molecule has 1 aromatic heterocycles. The van der Waals surface area contributed by atoms with Gasteiger partial charge in [-0.05, 0) is 24.6 Å². The van der Waals surface area contributed by atoms with Crippen LogP contribution in [0.3, 0.4) is 0 Å². The second-order valence-corrected chi connectivity index (χ2v) is 6.27. The van der Waals surface area contributed by atoms with E-state index in [1.165, 1.54) is 4.57 Å². The van der Waals surface area contributed by atoms with Crippen molar-refractivity contribution in [2.75, 3.05) is 5.43 Å². The summed E-state index contributed by atoms with van der Waals surface area (Å²) in [5.41, 5.74) is 7.01. The minimum absolute atomic E-state index is 0.154. The Morgan fingerprint density at radius 3 is 2.35 bits per heavy atom. The molecule has 0 bridgehead atoms. The SMILES string of the molecule is CCn1c(-c2c(Cl)cccc2Cl)nc(NNCc2ccccc2)nc1=O. The molecule has 8 heteroatoms. The van der Waals surface area contributed by atoms with Crippen LogP contribution in [0.4, 0.5) is 5.95 Å². The summed E-state index contributed by atoms with van der Waals surface area (Å²) in [5.74, 6) is 0.522. The molecule has 0 aliphatic carbocycles. The second kappa shape index (κ2) is 8.31. The van der Waals surface area contributed by atoms with Crippen molar-refractivity contribution >= 4 is 29.2 Å². The number of aromatic nitrogens is 3. The fourth-order valence-corrected chi connectivity index (χ4v) is 3.06. The Morgan fingerprint density at radius 2 is 1.69 bits per heavy atom. The predicted molar refractivity (Wildman–Crippen MR) is 104 cm³/mol. The van der Waals surface area contributed by atoms with Crippen molar-refractivity contribution in [3.8, 4) is 11.4 Å². The molecule has 0 radical (unpaired) electrons. The molecule has 0 atom stereocenters. The highest BCUT2D eigenvalue weighted by atomic mass is 35.5. The maximum atomic E-state index is 12.4. The molecule has 0 spiro atoms. The van der Waals surface area contributed by atoms with Crippen LogP contribution in [0.2, 0.25) is 10.0 Å². The van der Waals surface area contributed by atoms with Crippen molar-refractivity contribution < 1.29 is 0 Å². The van der Waals surface area contributed by atoms with E-state index in [9.17, 15) is 4.79 Å². The zero-order valence-corrected chi connectivity index (χ0v) is 15.6. The monoisotopic (exact) mass is 389 g/mol. The zero-order chi connectivity index (χ0) is 18.5. The Bertz CT molecular complexity index is 939. The Hall–Kier alpha value is -2.41. The first-order valence-corrected chi connectivity index (χ1v) is 8.81. The quantitative estimate of drug-likeness (QED) is 0.628. The highest BCUT2D eigenvalue weighted by Crippen LogP contribution is 2.33. The van der Waals surface area contributed by atoms with Gasteiger partial charge in [-0.1, -0.05) is 59.6 Å². The summed E-state index contributed by atoms with van der Waals surface area (Å²) in [7, 11) is 0. The van der Waals surface area contributed by atoms with Gasteiger partial charge in [-0.25, -0.2) is 10.2 Å². The van der Waals surface area contributed by atoms with E-state index in [-0.39, 0.29) is 5.95 Å². The lowest BCUT2D eigenvalue weighted by Gasteiger charge is -2.14. The van der Waals surface area contributed by atoms with E-state index < -0.39 is 5.69 Å². The van der Waals surface area contributed by atoms with Crippen LogP contribution in [0.25, 0.3) is 11.4 Å². The first-order valence-electron chi connectivity index (χ1n) is 8.06. The normalized spacial score (nSPS) is 10.7. The predicted octanol–water partition coefficient (Wildman–Crippen LogP) is 3.75. The first-order chi connectivity index (χ1) is 12.6. The number of nitrogens with one attached hydrogen (secondary N) is 2. The molecule has 2 N–H and O–H groups in total. The highest BCUT2D eigenvalue weighted by molar-refractivity contribution is 6.39. The summed E-state index contributed by atoms with van der Waals surface area (Å²) < 4.78 is 1.43. The van der Waals surface area contributed by atoms with Crippen LogP contribution in [0, 0.1) is 0 Å². The second-order valence-electron chi connectivity index (χ2n) is 5.46. The van der Waals surface area contributed by atoms with Crippen molar-refractivity contribution in [1.82, 2.24) is 20.0 Å². The minimum Gasteiger partial charge on any atom is -0.289 e. The molecule has 2 aromatic carbocycles. The first kappa shape index (κ1) is 18.4. The van der Waals surface area contributed by atoms with Crippen LogP contribution in [-0.4, -0.2) is 14.5 Å². The molecule has 26 heavy (non-hydrogen) atoms. The lowest BCUT2D eigenvalue weighted by atomic mass is 10.2. The van der Waals surface area contributed by atoms with Gasteiger partial charge in [0, 0.05) is 13.1 Å². The lowest BCUT2D eigenvalue weighted by molar-refractivity contribution is 0.679. The number of hydrogen-bond acceptors (Lipinski definition) is 5. The van der Waals surface area contributed by atoms with Gasteiger partial charge in [0.05, 0.1) is 15.6 Å². The van der Waals surface area contributed by atoms with Gasteiger partial charge in [-0.3, -0.25) is 9.99 Å². The fraction of sp³-hybridized carbons (Fsp3) is 0.167. The molecule has 0 aliphatic heterocycles. The van der Waals surface area contributed by atoms with Gasteiger partial charge in [-0.2, -0.15) is 9.97 Å². The number of anilines is 1. The molecule has 0 saturated carbocycles. The van der Waals surface area contributed by atoms with E-state index in [0.717, 1.165) is 5.56 Å². The van der Waals surface area contributed by atoms with Crippen LogP contribution in [0.15, 0.2) is 53.3 Å². The molecule has 3 rings (SSSR count). The van der Waals surface area contributed by atoms with E-state index in [0.29, 0.717) is 34.5 Å². The van der Waals surface area contributed by atoms with Crippen LogP contribution in [0.1, 0.15) is 12.5 Å². The van der Waals surface area contributed by atoms with Gasteiger partial charge in [0.2, 0.25) is 5.95 Å². The third-order valence-electron chi connectivity index (χ3n) is 3.74. The Morgan fingerprint density at radius 1 is 1.00 bits per heavy atom. The van der Waals surface area contributed by atoms with E-state index in [1.807, 2.05) is 37.3 Å². The summed E-state index contributed by atoms with van der Waals surface area (Å²) in [5, 5.41) is 0.835. The average Bonchev–Trinajstić information content (AvgIpc) is 2.62. The van der Waals surface area contributed by atoms with Crippen LogP contribution in [0.5, 0.6) is 0 Å². The van der Waals surface area contributed by atoms with E-state index in [2.05, 4.69) is 20.8 Å². The molecule has 0 fully saturated rings. The van der Waals surface area contributed by atoms with E-state index in [4.69, 9.17) is 23.2 Å². The maximum absolute atomic E-state index is 12.4. The average molecular weight is 390 g/mol. The number of rotatable bonds is 6. The smallest absolute Gasteiger partial charge is 0.289 e. The largest absolute Gasteiger partial charge is 0.352 e. The molecular weight excluding hydrogens is 373 g/mol. The van der Waals surface area contributed by atoms with Crippen molar-refractivity contribution in [3.05, 3.63) is 74.6 Å². The van der Waals surface area contributed by atoms with Gasteiger partial charge in [0.1, 0.15) is 0 Å². The van der Waals surface area contributed by atoms with Gasteiger partial charge in [-0.15, -0.1) is 0 Å². The number of hydrazine groups is 1. The summed E-state index contributed by atoms with van der Waals surface area (Å²) in [6.45, 7) is 2.77. The maximum Gasteiger partial charge on any atom is 0.352 e. The van der Waals surface area contributed by atoms with Gasteiger partial charge >= 0.3 is 5.69 Å². The highest BCUT2D eigenvalue weighted by Gasteiger charge is 2.16. The third kappa shape index (κ3) is 4.04. The van der Waals surface area contributed by atoms with Crippen LogP contribution < -0.4 is 16.5 Å². The molecule has 0 saturated heterocycles. The van der Waals surface area contributed by atoms with E-state index in [1.54, 1.807) is 18.2 Å². The topological polar surface area (TPSA) is 71.8 Å². The van der Waals surface area contributed by atoms with Crippen molar-refractivity contribution in [2.24, 2.45) is 0 Å². The number of nitrogens with zero attached hydrogens (tertiary/aromatic N) is 3. The fourth-order valence-electron chi connectivity index (χ4n) is 2.49. The summed E-state index contributed by atoms with van der Waals surface area (Å²) in [4.78, 5) is 20.8. The molecule has 1 heterocycles. The van der Waals surface area contributed by atoms with Crippen LogP contribution in [-0.2, 0) is 13.1 Å². The molecule has 0 aliphatic rings. The number of halogens is 2. The molecule has 134 valence electrons. The molecular formula is C18H17Cl2N5O. The summed E-state index contributed by atoms with van der Waals surface area (Å²) in [6, 6.07) is 15.0. The number of benzene rings is 2. The molecule has 6 nitrogen and oxygen atoms in total. The van der Waals surface area contributed by atoms with E-state index >= 15 is 0 Å². The van der Waals surface area contributed by atoms with Crippen molar-refractivity contribution in [2.45, 2.75) is 20.0 Å². The summed E-state index contributed by atoms with van der Waals surface area (Å²) in [6.07, 6.45) is 0. The number of hydrogen-bond donors (Lipinski definition) is 2. The lowest BCUT2D eigenvalue weighted by Crippen LogP contribution is -2.30. The van der Waals surface area contributed by atoms with Crippen molar-refractivity contribution in [3.63, 3.8) is 0 Å². The van der Waals surface area contributed by atoms with Gasteiger partial charge in [0.15, 0.2) is 5.82 Å². The Balaban J connectivity index is 1.91.